The Kier molecular flexibility index (Phi) is 9.26. The number of rotatable bonds is 10. The van der Waals surface area contributed by atoms with Crippen molar-refractivity contribution < 1.29 is 9.59 Å². The van der Waals surface area contributed by atoms with Crippen molar-refractivity contribution in [3.8, 4) is 0 Å². The second-order valence-corrected chi connectivity index (χ2v) is 8.47. The number of thioether (sulfide) groups is 1. The van der Waals surface area contributed by atoms with E-state index < -0.39 is 6.04 Å². The van der Waals surface area contributed by atoms with Crippen molar-refractivity contribution in [3.63, 3.8) is 0 Å². The summed E-state index contributed by atoms with van der Waals surface area (Å²) in [6, 6.07) is 17.8. The van der Waals surface area contributed by atoms with E-state index in [1.165, 1.54) is 5.56 Å². The summed E-state index contributed by atoms with van der Waals surface area (Å²) in [5.41, 5.74) is 3.37. The van der Waals surface area contributed by atoms with E-state index in [9.17, 15) is 9.59 Å². The summed E-state index contributed by atoms with van der Waals surface area (Å²) < 4.78 is 0. The smallest absolute Gasteiger partial charge is 0.242 e. The Morgan fingerprint density at radius 1 is 1.03 bits per heavy atom. The molecule has 5 heteroatoms. The third-order valence-corrected chi connectivity index (χ3v) is 5.93. The number of nitrogens with one attached hydrogen (secondary N) is 1. The van der Waals surface area contributed by atoms with Gasteiger partial charge in [-0.2, -0.15) is 0 Å². The quantitative estimate of drug-likeness (QED) is 0.622. The summed E-state index contributed by atoms with van der Waals surface area (Å²) in [5, 5.41) is 3.00. The van der Waals surface area contributed by atoms with Crippen LogP contribution < -0.4 is 5.32 Å². The summed E-state index contributed by atoms with van der Waals surface area (Å²) in [5.74, 6) is 1.01. The third-order valence-electron chi connectivity index (χ3n) is 4.94. The van der Waals surface area contributed by atoms with Gasteiger partial charge >= 0.3 is 0 Å². The molecule has 0 saturated carbocycles. The molecule has 2 aromatic rings. The molecule has 0 unspecified atom stereocenters. The molecule has 2 rings (SSSR count). The van der Waals surface area contributed by atoms with E-state index >= 15 is 0 Å². The Morgan fingerprint density at radius 2 is 1.72 bits per heavy atom. The molecule has 156 valence electrons. The van der Waals surface area contributed by atoms with Gasteiger partial charge in [0.15, 0.2) is 0 Å². The molecule has 0 aromatic heterocycles. The topological polar surface area (TPSA) is 49.4 Å². The summed E-state index contributed by atoms with van der Waals surface area (Å²) in [4.78, 5) is 27.4. The first-order chi connectivity index (χ1) is 13.9. The van der Waals surface area contributed by atoms with Crippen molar-refractivity contribution in [1.29, 1.82) is 0 Å². The summed E-state index contributed by atoms with van der Waals surface area (Å²) >= 11 is 1.58. The van der Waals surface area contributed by atoms with Gasteiger partial charge in [-0.25, -0.2) is 0 Å². The van der Waals surface area contributed by atoms with Crippen molar-refractivity contribution in [2.45, 2.75) is 58.5 Å². The molecule has 0 spiro atoms. The van der Waals surface area contributed by atoms with Gasteiger partial charge in [0.05, 0.1) is 5.75 Å². The van der Waals surface area contributed by atoms with Crippen LogP contribution in [0.3, 0.4) is 0 Å². The Bertz CT molecular complexity index is 794. The predicted octanol–water partition coefficient (Wildman–Crippen LogP) is 4.56. The Morgan fingerprint density at radius 3 is 2.38 bits per heavy atom. The SMILES string of the molecule is CC[C@H](C)NC(=O)[C@@H](C)N(Cc1cccc(C)c1)C(=O)CSCc1ccccc1. The molecule has 0 saturated heterocycles. The second kappa shape index (κ2) is 11.7. The summed E-state index contributed by atoms with van der Waals surface area (Å²) in [6.45, 7) is 8.29. The molecular formula is C24H32N2O2S. The molecule has 0 heterocycles. The first-order valence-corrected chi connectivity index (χ1v) is 11.3. The Labute approximate surface area is 179 Å². The lowest BCUT2D eigenvalue weighted by atomic mass is 10.1. The van der Waals surface area contributed by atoms with Crippen LogP contribution in [-0.4, -0.2) is 34.6 Å². The standard InChI is InChI=1S/C24H32N2O2S/c1-5-19(3)25-24(28)20(4)26(15-22-13-9-10-18(2)14-22)23(27)17-29-16-21-11-7-6-8-12-21/h6-14,19-20H,5,15-17H2,1-4H3,(H,25,28)/t19-,20+/m0/s1. The maximum atomic E-state index is 13.0. The molecule has 29 heavy (non-hydrogen) atoms. The minimum atomic E-state index is -0.519. The van der Waals surface area contributed by atoms with E-state index in [0.29, 0.717) is 12.3 Å². The predicted molar refractivity (Wildman–Crippen MR) is 122 cm³/mol. The molecule has 2 amide bonds. The highest BCUT2D eigenvalue weighted by molar-refractivity contribution is 7.99. The lowest BCUT2D eigenvalue weighted by Gasteiger charge is -2.29. The van der Waals surface area contributed by atoms with Crippen LogP contribution >= 0.6 is 11.8 Å². The van der Waals surface area contributed by atoms with E-state index in [1.54, 1.807) is 16.7 Å². The molecule has 2 atom stereocenters. The molecule has 2 aromatic carbocycles. The number of aryl methyl sites for hydroxylation is 1. The monoisotopic (exact) mass is 412 g/mol. The van der Waals surface area contributed by atoms with E-state index in [-0.39, 0.29) is 17.9 Å². The fraction of sp³-hybridized carbons (Fsp3) is 0.417. The maximum Gasteiger partial charge on any atom is 0.242 e. The summed E-state index contributed by atoms with van der Waals surface area (Å²) in [7, 11) is 0. The number of amides is 2. The van der Waals surface area contributed by atoms with Crippen molar-refractivity contribution in [3.05, 3.63) is 71.3 Å². The van der Waals surface area contributed by atoms with Crippen molar-refractivity contribution in [1.82, 2.24) is 10.2 Å². The third kappa shape index (κ3) is 7.58. The van der Waals surface area contributed by atoms with Gasteiger partial charge in [-0.05, 0) is 38.3 Å². The molecule has 0 aliphatic carbocycles. The van der Waals surface area contributed by atoms with Crippen LogP contribution in [0.15, 0.2) is 54.6 Å². The van der Waals surface area contributed by atoms with Gasteiger partial charge in [-0.1, -0.05) is 67.1 Å². The van der Waals surface area contributed by atoms with Crippen LogP contribution in [0.1, 0.15) is 43.9 Å². The minimum Gasteiger partial charge on any atom is -0.352 e. The second-order valence-electron chi connectivity index (χ2n) is 7.48. The van der Waals surface area contributed by atoms with Gasteiger partial charge in [-0.15, -0.1) is 11.8 Å². The highest BCUT2D eigenvalue weighted by Gasteiger charge is 2.26. The first kappa shape index (κ1) is 23.0. The summed E-state index contributed by atoms with van der Waals surface area (Å²) in [6.07, 6.45) is 0.858. The van der Waals surface area contributed by atoms with Gasteiger partial charge in [0.25, 0.3) is 0 Å². The van der Waals surface area contributed by atoms with E-state index in [4.69, 9.17) is 0 Å². The molecule has 0 radical (unpaired) electrons. The fourth-order valence-electron chi connectivity index (χ4n) is 2.97. The average Bonchev–Trinajstić information content (AvgIpc) is 2.72. The number of hydrogen-bond acceptors (Lipinski definition) is 3. The van der Waals surface area contributed by atoms with Crippen LogP contribution in [0.25, 0.3) is 0 Å². The molecular weight excluding hydrogens is 380 g/mol. The van der Waals surface area contributed by atoms with E-state index in [2.05, 4.69) is 23.5 Å². The van der Waals surface area contributed by atoms with Crippen LogP contribution in [0.2, 0.25) is 0 Å². The van der Waals surface area contributed by atoms with Crippen molar-refractivity contribution in [2.24, 2.45) is 0 Å². The van der Waals surface area contributed by atoms with E-state index in [0.717, 1.165) is 23.3 Å². The number of hydrogen-bond donors (Lipinski definition) is 1. The highest BCUT2D eigenvalue weighted by atomic mass is 32.2. The first-order valence-electron chi connectivity index (χ1n) is 10.2. The van der Waals surface area contributed by atoms with Crippen LogP contribution in [0.5, 0.6) is 0 Å². The molecule has 0 fully saturated rings. The molecule has 4 nitrogen and oxygen atoms in total. The van der Waals surface area contributed by atoms with Crippen LogP contribution in [0.4, 0.5) is 0 Å². The Balaban J connectivity index is 2.07. The lowest BCUT2D eigenvalue weighted by Crippen LogP contribution is -2.50. The molecule has 0 bridgehead atoms. The van der Waals surface area contributed by atoms with Crippen molar-refractivity contribution >= 4 is 23.6 Å². The number of benzene rings is 2. The number of carbonyl (C=O) groups is 2. The highest BCUT2D eigenvalue weighted by Crippen LogP contribution is 2.16. The minimum absolute atomic E-state index is 0.0146. The van der Waals surface area contributed by atoms with Gasteiger partial charge in [0.1, 0.15) is 6.04 Å². The zero-order valence-corrected chi connectivity index (χ0v) is 18.7. The Hall–Kier alpha value is -2.27. The fourth-order valence-corrected chi connectivity index (χ4v) is 3.84. The molecule has 0 aliphatic heterocycles. The maximum absolute atomic E-state index is 13.0. The van der Waals surface area contributed by atoms with Gasteiger partial charge in [0, 0.05) is 18.3 Å². The molecule has 1 N–H and O–H groups in total. The van der Waals surface area contributed by atoms with E-state index in [1.807, 2.05) is 64.1 Å². The zero-order valence-electron chi connectivity index (χ0n) is 17.9. The largest absolute Gasteiger partial charge is 0.352 e. The van der Waals surface area contributed by atoms with Crippen LogP contribution in [0, 0.1) is 6.92 Å². The van der Waals surface area contributed by atoms with Gasteiger partial charge in [0.2, 0.25) is 11.8 Å². The number of nitrogens with zero attached hydrogens (tertiary/aromatic N) is 1. The normalized spacial score (nSPS) is 12.8. The zero-order chi connectivity index (χ0) is 21.2. The van der Waals surface area contributed by atoms with Gasteiger partial charge < -0.3 is 10.2 Å². The lowest BCUT2D eigenvalue weighted by molar-refractivity contribution is -0.138. The average molecular weight is 413 g/mol. The number of carbonyl (C=O) groups excluding carboxylic acids is 2. The molecule has 0 aliphatic rings. The van der Waals surface area contributed by atoms with Crippen LogP contribution in [-0.2, 0) is 21.9 Å². The van der Waals surface area contributed by atoms with Gasteiger partial charge in [-0.3, -0.25) is 9.59 Å². The van der Waals surface area contributed by atoms with Crippen molar-refractivity contribution in [2.75, 3.05) is 5.75 Å².